The van der Waals surface area contributed by atoms with Gasteiger partial charge in [0.1, 0.15) is 11.5 Å². The summed E-state index contributed by atoms with van der Waals surface area (Å²) in [7, 11) is 5.32. The molecule has 0 saturated heterocycles. The van der Waals surface area contributed by atoms with Crippen LogP contribution in [0.3, 0.4) is 0 Å². The molecule has 0 aliphatic heterocycles. The first kappa shape index (κ1) is 18.8. The highest BCUT2D eigenvalue weighted by Crippen LogP contribution is 2.37. The maximum absolute atomic E-state index is 13.5. The second-order valence-electron chi connectivity index (χ2n) is 6.50. The highest BCUT2D eigenvalue weighted by Gasteiger charge is 2.24. The zero-order chi connectivity index (χ0) is 19.4. The van der Waals surface area contributed by atoms with Crippen LogP contribution in [0.4, 0.5) is 4.39 Å². The van der Waals surface area contributed by atoms with Crippen LogP contribution < -0.4 is 0 Å². The van der Waals surface area contributed by atoms with Crippen LogP contribution in [0.15, 0.2) is 55.0 Å². The third-order valence-corrected chi connectivity index (χ3v) is 4.37. The van der Waals surface area contributed by atoms with Gasteiger partial charge in [-0.2, -0.15) is 0 Å². The molecule has 140 valence electrons. The molecule has 0 atom stereocenters. The molecular weight excluding hydrogens is 345 g/mol. The molecule has 0 bridgehead atoms. The van der Waals surface area contributed by atoms with Gasteiger partial charge in [-0.15, -0.1) is 0 Å². The molecule has 0 amide bonds. The summed E-state index contributed by atoms with van der Waals surface area (Å²) in [6, 6.07) is 9.92. The number of esters is 1. The highest BCUT2D eigenvalue weighted by atomic mass is 19.1. The van der Waals surface area contributed by atoms with E-state index >= 15 is 0 Å². The van der Waals surface area contributed by atoms with E-state index in [0.29, 0.717) is 12.2 Å². The Kier molecular flexibility index (Phi) is 5.66. The van der Waals surface area contributed by atoms with E-state index in [1.54, 1.807) is 24.5 Å². The molecular formula is C21H22FN3O2. The van der Waals surface area contributed by atoms with Crippen LogP contribution in [0.5, 0.6) is 0 Å². The topological polar surface area (TPSA) is 47.4 Å². The van der Waals surface area contributed by atoms with Gasteiger partial charge in [-0.1, -0.05) is 12.1 Å². The maximum Gasteiger partial charge on any atom is 0.355 e. The van der Waals surface area contributed by atoms with E-state index in [2.05, 4.69) is 4.98 Å². The Hall–Kier alpha value is -2.99. The Morgan fingerprint density at radius 3 is 2.37 bits per heavy atom. The molecule has 0 aliphatic rings. The summed E-state index contributed by atoms with van der Waals surface area (Å²) in [5, 5.41) is 0. The zero-order valence-electron chi connectivity index (χ0n) is 15.6. The number of benzene rings is 1. The smallest absolute Gasteiger partial charge is 0.355 e. The molecule has 3 aromatic rings. The summed E-state index contributed by atoms with van der Waals surface area (Å²) in [6.07, 6.45) is 5.36. The molecule has 0 saturated carbocycles. The van der Waals surface area contributed by atoms with Crippen molar-refractivity contribution in [3.8, 4) is 22.3 Å². The van der Waals surface area contributed by atoms with Crippen LogP contribution in [0.2, 0.25) is 0 Å². The number of hydrogen-bond donors (Lipinski definition) is 0. The number of likely N-dealkylation sites (N-methyl/N-ethyl adjacent to an activating group) is 1. The number of methoxy groups -OCH3 is 1. The average Bonchev–Trinajstić information content (AvgIpc) is 3.06. The second kappa shape index (κ2) is 8.14. The minimum absolute atomic E-state index is 0.323. The van der Waals surface area contributed by atoms with E-state index in [-0.39, 0.29) is 5.82 Å². The summed E-state index contributed by atoms with van der Waals surface area (Å²) in [5.74, 6) is -0.746. The number of halogens is 1. The lowest BCUT2D eigenvalue weighted by Crippen LogP contribution is -2.20. The minimum atomic E-state index is -0.423. The quantitative estimate of drug-likeness (QED) is 0.623. The fourth-order valence-corrected chi connectivity index (χ4v) is 3.02. The molecule has 0 spiro atoms. The Morgan fingerprint density at radius 2 is 1.78 bits per heavy atom. The van der Waals surface area contributed by atoms with Crippen LogP contribution in [-0.2, 0) is 11.3 Å². The van der Waals surface area contributed by atoms with Crippen LogP contribution in [0, 0.1) is 5.82 Å². The predicted molar refractivity (Wildman–Crippen MR) is 103 cm³/mol. The van der Waals surface area contributed by atoms with Crippen molar-refractivity contribution >= 4 is 5.97 Å². The third kappa shape index (κ3) is 4.06. The van der Waals surface area contributed by atoms with Crippen molar-refractivity contribution in [2.24, 2.45) is 0 Å². The minimum Gasteiger partial charge on any atom is -0.464 e. The summed E-state index contributed by atoms with van der Waals surface area (Å²) >= 11 is 0. The van der Waals surface area contributed by atoms with Gasteiger partial charge in [0.2, 0.25) is 0 Å². The number of ether oxygens (including phenoxy) is 1. The highest BCUT2D eigenvalue weighted by molar-refractivity contribution is 6.01. The first-order valence-corrected chi connectivity index (χ1v) is 8.63. The molecule has 6 heteroatoms. The first-order chi connectivity index (χ1) is 13.0. The van der Waals surface area contributed by atoms with Gasteiger partial charge >= 0.3 is 5.97 Å². The van der Waals surface area contributed by atoms with Crippen LogP contribution in [-0.4, -0.2) is 48.2 Å². The van der Waals surface area contributed by atoms with E-state index < -0.39 is 5.97 Å². The summed E-state index contributed by atoms with van der Waals surface area (Å²) < 4.78 is 20.4. The molecule has 5 nitrogen and oxygen atoms in total. The number of nitrogens with zero attached hydrogens (tertiary/aromatic N) is 3. The van der Waals surface area contributed by atoms with Crippen molar-refractivity contribution in [1.82, 2.24) is 14.5 Å². The number of aromatic nitrogens is 2. The molecule has 1 aromatic carbocycles. The van der Waals surface area contributed by atoms with Crippen molar-refractivity contribution in [3.05, 3.63) is 66.5 Å². The lowest BCUT2D eigenvalue weighted by Gasteiger charge is -2.13. The van der Waals surface area contributed by atoms with E-state index in [0.717, 1.165) is 28.8 Å². The summed E-state index contributed by atoms with van der Waals surface area (Å²) in [5.41, 5.74) is 3.75. The third-order valence-electron chi connectivity index (χ3n) is 4.37. The summed E-state index contributed by atoms with van der Waals surface area (Å²) in [4.78, 5) is 18.8. The Bertz CT molecular complexity index is 919. The van der Waals surface area contributed by atoms with Gasteiger partial charge < -0.3 is 14.2 Å². The zero-order valence-corrected chi connectivity index (χ0v) is 15.6. The largest absolute Gasteiger partial charge is 0.464 e. The van der Waals surface area contributed by atoms with Gasteiger partial charge in [-0.25, -0.2) is 9.18 Å². The number of carbonyl (C=O) groups is 1. The predicted octanol–water partition coefficient (Wildman–Crippen LogP) is 3.70. The molecule has 0 aliphatic carbocycles. The molecule has 0 fully saturated rings. The van der Waals surface area contributed by atoms with E-state index in [4.69, 9.17) is 4.74 Å². The summed E-state index contributed by atoms with van der Waals surface area (Å²) in [6.45, 7) is 1.38. The van der Waals surface area contributed by atoms with E-state index in [9.17, 15) is 9.18 Å². The van der Waals surface area contributed by atoms with Gasteiger partial charge in [0, 0.05) is 42.8 Å². The number of hydrogen-bond acceptors (Lipinski definition) is 4. The van der Waals surface area contributed by atoms with Crippen LogP contribution in [0.1, 0.15) is 10.5 Å². The fourth-order valence-electron chi connectivity index (χ4n) is 3.02. The van der Waals surface area contributed by atoms with Gasteiger partial charge in [-0.3, -0.25) is 4.98 Å². The van der Waals surface area contributed by atoms with E-state index in [1.807, 2.05) is 41.9 Å². The lowest BCUT2D eigenvalue weighted by molar-refractivity contribution is 0.0589. The Morgan fingerprint density at radius 1 is 1.11 bits per heavy atom. The normalized spacial score (nSPS) is 11.0. The molecule has 0 N–H and O–H groups in total. The average molecular weight is 367 g/mol. The maximum atomic E-state index is 13.5. The standard InChI is InChI=1S/C21H22FN3O2/c1-24(2)12-13-25-14-18(15-8-10-23-11-9-15)19(20(25)21(26)27-3)16-4-6-17(22)7-5-16/h4-11,14H,12-13H2,1-3H3. The van der Waals surface area contributed by atoms with Gasteiger partial charge in [-0.05, 0) is 49.5 Å². The van der Waals surface area contributed by atoms with Crippen molar-refractivity contribution in [2.75, 3.05) is 27.7 Å². The van der Waals surface area contributed by atoms with Gasteiger partial charge in [0.25, 0.3) is 0 Å². The number of carbonyl (C=O) groups excluding carboxylic acids is 1. The van der Waals surface area contributed by atoms with Crippen LogP contribution in [0.25, 0.3) is 22.3 Å². The van der Waals surface area contributed by atoms with Gasteiger partial charge in [0.05, 0.1) is 7.11 Å². The monoisotopic (exact) mass is 367 g/mol. The van der Waals surface area contributed by atoms with Crippen LogP contribution >= 0.6 is 0 Å². The first-order valence-electron chi connectivity index (χ1n) is 8.63. The SMILES string of the molecule is COC(=O)c1c(-c2ccc(F)cc2)c(-c2ccncc2)cn1CCN(C)C. The molecule has 0 radical (unpaired) electrons. The lowest BCUT2D eigenvalue weighted by atomic mass is 9.97. The van der Waals surface area contributed by atoms with Crippen molar-refractivity contribution in [3.63, 3.8) is 0 Å². The Labute approximate surface area is 158 Å². The number of rotatable bonds is 6. The van der Waals surface area contributed by atoms with Gasteiger partial charge in [0.15, 0.2) is 0 Å². The molecule has 27 heavy (non-hydrogen) atoms. The molecule has 2 heterocycles. The molecule has 3 rings (SSSR count). The molecule has 2 aromatic heterocycles. The molecule has 0 unspecified atom stereocenters. The fraction of sp³-hybridized carbons (Fsp3) is 0.238. The van der Waals surface area contributed by atoms with Crippen molar-refractivity contribution < 1.29 is 13.9 Å². The van der Waals surface area contributed by atoms with E-state index in [1.165, 1.54) is 19.2 Å². The van der Waals surface area contributed by atoms with Crippen molar-refractivity contribution in [1.29, 1.82) is 0 Å². The Balaban J connectivity index is 2.25. The van der Waals surface area contributed by atoms with Crippen molar-refractivity contribution in [2.45, 2.75) is 6.54 Å². The second-order valence-corrected chi connectivity index (χ2v) is 6.50. The number of pyridine rings is 1.